The van der Waals surface area contributed by atoms with E-state index in [-0.39, 0.29) is 17.9 Å². The molecular weight excluding hydrogens is 372 g/mol. The van der Waals surface area contributed by atoms with Crippen molar-refractivity contribution in [2.75, 3.05) is 18.5 Å². The number of anilines is 1. The molecule has 0 aliphatic carbocycles. The van der Waals surface area contributed by atoms with Crippen LogP contribution in [0, 0.1) is 13.8 Å². The SMILES string of the molecule is CCOC(=O)c1[nH]c(C)c(C(=O)OCC(=O)Nc2ccc3ccccc3c2)c1C. The second-order valence-electron chi connectivity index (χ2n) is 6.53. The molecule has 0 bridgehead atoms. The second-order valence-corrected chi connectivity index (χ2v) is 6.53. The summed E-state index contributed by atoms with van der Waals surface area (Å²) in [6.07, 6.45) is 0. The number of esters is 2. The number of nitrogens with one attached hydrogen (secondary N) is 2. The summed E-state index contributed by atoms with van der Waals surface area (Å²) in [5.74, 6) is -1.67. The lowest BCUT2D eigenvalue weighted by Gasteiger charge is -2.08. The van der Waals surface area contributed by atoms with Crippen molar-refractivity contribution < 1.29 is 23.9 Å². The van der Waals surface area contributed by atoms with E-state index in [9.17, 15) is 14.4 Å². The third kappa shape index (κ3) is 4.45. The van der Waals surface area contributed by atoms with Gasteiger partial charge >= 0.3 is 11.9 Å². The molecule has 0 unspecified atom stereocenters. The summed E-state index contributed by atoms with van der Waals surface area (Å²) in [6, 6.07) is 13.3. The Kier molecular flexibility index (Phi) is 5.97. The van der Waals surface area contributed by atoms with Crippen LogP contribution in [0.2, 0.25) is 0 Å². The van der Waals surface area contributed by atoms with Gasteiger partial charge in [-0.25, -0.2) is 9.59 Å². The van der Waals surface area contributed by atoms with Crippen molar-refractivity contribution in [3.63, 3.8) is 0 Å². The van der Waals surface area contributed by atoms with Crippen LogP contribution < -0.4 is 5.32 Å². The number of H-pyrrole nitrogens is 1. The predicted molar refractivity (Wildman–Crippen MR) is 109 cm³/mol. The van der Waals surface area contributed by atoms with E-state index in [0.29, 0.717) is 16.9 Å². The van der Waals surface area contributed by atoms with Gasteiger partial charge in [0.15, 0.2) is 6.61 Å². The van der Waals surface area contributed by atoms with Gasteiger partial charge in [0.1, 0.15) is 5.69 Å². The lowest BCUT2D eigenvalue weighted by atomic mass is 10.1. The Hall–Kier alpha value is -3.61. The minimum absolute atomic E-state index is 0.205. The number of hydrogen-bond acceptors (Lipinski definition) is 5. The van der Waals surface area contributed by atoms with Crippen LogP contribution in [-0.2, 0) is 14.3 Å². The fourth-order valence-electron chi connectivity index (χ4n) is 3.13. The molecule has 1 amide bonds. The van der Waals surface area contributed by atoms with Gasteiger partial charge in [0, 0.05) is 11.4 Å². The molecule has 0 fully saturated rings. The number of carbonyl (C=O) groups is 3. The van der Waals surface area contributed by atoms with Gasteiger partial charge in [0.25, 0.3) is 5.91 Å². The molecule has 0 radical (unpaired) electrons. The number of aryl methyl sites for hydroxylation is 1. The Labute approximate surface area is 168 Å². The highest BCUT2D eigenvalue weighted by molar-refractivity contribution is 6.00. The Morgan fingerprint density at radius 2 is 1.69 bits per heavy atom. The molecule has 0 spiro atoms. The van der Waals surface area contributed by atoms with Crippen LogP contribution in [-0.4, -0.2) is 36.0 Å². The highest BCUT2D eigenvalue weighted by atomic mass is 16.5. The number of aromatic amines is 1. The highest BCUT2D eigenvalue weighted by Crippen LogP contribution is 2.21. The number of benzene rings is 2. The molecule has 3 aromatic rings. The minimum Gasteiger partial charge on any atom is -0.461 e. The quantitative estimate of drug-likeness (QED) is 0.621. The van der Waals surface area contributed by atoms with Crippen molar-refractivity contribution in [1.29, 1.82) is 0 Å². The molecule has 7 nitrogen and oxygen atoms in total. The first-order valence-electron chi connectivity index (χ1n) is 9.22. The molecule has 1 heterocycles. The van der Waals surface area contributed by atoms with Crippen molar-refractivity contribution in [3.8, 4) is 0 Å². The van der Waals surface area contributed by atoms with Gasteiger partial charge < -0.3 is 19.8 Å². The average molecular weight is 394 g/mol. The van der Waals surface area contributed by atoms with Crippen molar-refractivity contribution in [2.24, 2.45) is 0 Å². The van der Waals surface area contributed by atoms with E-state index >= 15 is 0 Å². The Bertz CT molecular complexity index is 1080. The summed E-state index contributed by atoms with van der Waals surface area (Å²) in [4.78, 5) is 39.4. The molecule has 0 saturated carbocycles. The molecule has 0 atom stereocenters. The maximum Gasteiger partial charge on any atom is 0.355 e. The zero-order chi connectivity index (χ0) is 21.0. The second kappa shape index (κ2) is 8.60. The summed E-state index contributed by atoms with van der Waals surface area (Å²) >= 11 is 0. The molecule has 0 aliphatic rings. The summed E-state index contributed by atoms with van der Waals surface area (Å²) in [5.41, 5.74) is 1.96. The van der Waals surface area contributed by atoms with Crippen molar-refractivity contribution in [1.82, 2.24) is 4.98 Å². The number of fused-ring (bicyclic) bond motifs is 1. The summed E-state index contributed by atoms with van der Waals surface area (Å²) in [6.45, 7) is 4.77. The third-order valence-electron chi connectivity index (χ3n) is 4.49. The average Bonchev–Trinajstić information content (AvgIpc) is 3.00. The monoisotopic (exact) mass is 394 g/mol. The van der Waals surface area contributed by atoms with E-state index in [1.54, 1.807) is 26.8 Å². The normalized spacial score (nSPS) is 10.6. The first-order chi connectivity index (χ1) is 13.9. The Balaban J connectivity index is 1.64. The molecule has 3 rings (SSSR count). The van der Waals surface area contributed by atoms with Gasteiger partial charge in [-0.05, 0) is 49.2 Å². The summed E-state index contributed by atoms with van der Waals surface area (Å²) in [5, 5.41) is 4.77. The fraction of sp³-hybridized carbons (Fsp3) is 0.227. The van der Waals surface area contributed by atoms with Crippen LogP contribution in [0.15, 0.2) is 42.5 Å². The number of carbonyl (C=O) groups excluding carboxylic acids is 3. The highest BCUT2D eigenvalue weighted by Gasteiger charge is 2.24. The first kappa shape index (κ1) is 20.1. The van der Waals surface area contributed by atoms with E-state index < -0.39 is 24.5 Å². The lowest BCUT2D eigenvalue weighted by Crippen LogP contribution is -2.21. The van der Waals surface area contributed by atoms with Crippen LogP contribution in [0.25, 0.3) is 10.8 Å². The molecule has 1 aromatic heterocycles. The summed E-state index contributed by atoms with van der Waals surface area (Å²) in [7, 11) is 0. The van der Waals surface area contributed by atoms with Crippen molar-refractivity contribution in [3.05, 3.63) is 65.0 Å². The van der Waals surface area contributed by atoms with Gasteiger partial charge in [-0.2, -0.15) is 0 Å². The molecule has 150 valence electrons. The molecular formula is C22H22N2O5. The van der Waals surface area contributed by atoms with Gasteiger partial charge in [0.2, 0.25) is 0 Å². The largest absolute Gasteiger partial charge is 0.461 e. The van der Waals surface area contributed by atoms with Crippen LogP contribution in [0.3, 0.4) is 0 Å². The van der Waals surface area contributed by atoms with Gasteiger partial charge in [-0.15, -0.1) is 0 Å². The Morgan fingerprint density at radius 1 is 0.966 bits per heavy atom. The van der Waals surface area contributed by atoms with E-state index in [1.807, 2.05) is 36.4 Å². The van der Waals surface area contributed by atoms with E-state index in [1.165, 1.54) is 0 Å². The number of amides is 1. The van der Waals surface area contributed by atoms with E-state index in [0.717, 1.165) is 10.8 Å². The molecule has 29 heavy (non-hydrogen) atoms. The molecule has 2 aromatic carbocycles. The third-order valence-corrected chi connectivity index (χ3v) is 4.49. The summed E-state index contributed by atoms with van der Waals surface area (Å²) < 4.78 is 10.1. The van der Waals surface area contributed by atoms with Crippen LogP contribution in [0.5, 0.6) is 0 Å². The van der Waals surface area contributed by atoms with Gasteiger partial charge in [-0.1, -0.05) is 30.3 Å². The molecule has 0 aliphatic heterocycles. The topological polar surface area (TPSA) is 97.5 Å². The van der Waals surface area contributed by atoms with E-state index in [2.05, 4.69) is 10.3 Å². The predicted octanol–water partition coefficient (Wildman–Crippen LogP) is 3.76. The van der Waals surface area contributed by atoms with Gasteiger partial charge in [0.05, 0.1) is 12.2 Å². The fourth-order valence-corrected chi connectivity index (χ4v) is 3.13. The maximum absolute atomic E-state index is 12.4. The zero-order valence-electron chi connectivity index (χ0n) is 16.5. The molecule has 7 heteroatoms. The minimum atomic E-state index is -0.680. The Morgan fingerprint density at radius 3 is 2.41 bits per heavy atom. The first-order valence-corrected chi connectivity index (χ1v) is 9.22. The van der Waals surface area contributed by atoms with Crippen LogP contribution in [0.1, 0.15) is 39.0 Å². The van der Waals surface area contributed by atoms with Crippen molar-refractivity contribution in [2.45, 2.75) is 20.8 Å². The van der Waals surface area contributed by atoms with Crippen LogP contribution in [0.4, 0.5) is 5.69 Å². The van der Waals surface area contributed by atoms with Crippen molar-refractivity contribution >= 4 is 34.3 Å². The standard InChI is InChI=1S/C22H22N2O5/c1-4-28-22(27)20-13(2)19(14(3)23-20)21(26)29-12-18(25)24-17-10-9-15-7-5-6-8-16(15)11-17/h5-11,23H,4,12H2,1-3H3,(H,24,25). The number of rotatable bonds is 6. The van der Waals surface area contributed by atoms with E-state index in [4.69, 9.17) is 9.47 Å². The molecule has 2 N–H and O–H groups in total. The molecule has 0 saturated heterocycles. The smallest absolute Gasteiger partial charge is 0.355 e. The zero-order valence-corrected chi connectivity index (χ0v) is 16.5. The number of hydrogen-bond donors (Lipinski definition) is 2. The number of aromatic nitrogens is 1. The van der Waals surface area contributed by atoms with Crippen LogP contribution >= 0.6 is 0 Å². The maximum atomic E-state index is 12.4. The lowest BCUT2D eigenvalue weighted by molar-refractivity contribution is -0.119. The number of ether oxygens (including phenoxy) is 2. The van der Waals surface area contributed by atoms with Gasteiger partial charge in [-0.3, -0.25) is 4.79 Å².